The largest absolute Gasteiger partial charge is 0.299 e. The van der Waals surface area contributed by atoms with Gasteiger partial charge in [-0.1, -0.05) is 65.3 Å². The van der Waals surface area contributed by atoms with Crippen molar-refractivity contribution in [3.8, 4) is 0 Å². The van der Waals surface area contributed by atoms with Crippen LogP contribution in [0.25, 0.3) is 10.8 Å². The molecule has 0 N–H and O–H groups in total. The van der Waals surface area contributed by atoms with Crippen LogP contribution >= 0.6 is 32.9 Å². The standard InChI is InChI=1S/C15H18BrN.BrH/c1-2-17(11-10-16)12-14-8-5-7-13-6-3-4-9-15(13)14;/h3-9H,2,10-12H2,1H3;1H. The molecular formula is C15H19Br2N. The molecule has 3 heteroatoms. The molecule has 0 amide bonds. The SMILES string of the molecule is Br.CCN(CCBr)Cc1cccc2ccccc12. The van der Waals surface area contributed by atoms with Gasteiger partial charge in [0.15, 0.2) is 0 Å². The van der Waals surface area contributed by atoms with E-state index in [1.54, 1.807) is 0 Å². The Morgan fingerprint density at radius 3 is 2.50 bits per heavy atom. The van der Waals surface area contributed by atoms with Crippen LogP contribution < -0.4 is 0 Å². The highest BCUT2D eigenvalue weighted by molar-refractivity contribution is 9.09. The third-order valence-corrected chi connectivity index (χ3v) is 3.48. The molecule has 0 bridgehead atoms. The molecule has 0 atom stereocenters. The Morgan fingerprint density at radius 1 is 1.06 bits per heavy atom. The summed E-state index contributed by atoms with van der Waals surface area (Å²) in [6, 6.07) is 15.2. The summed E-state index contributed by atoms with van der Waals surface area (Å²) in [6.07, 6.45) is 0. The van der Waals surface area contributed by atoms with Crippen molar-refractivity contribution in [2.75, 3.05) is 18.4 Å². The second-order valence-corrected chi connectivity index (χ2v) is 4.99. The first-order chi connectivity index (χ1) is 8.35. The molecule has 2 aromatic carbocycles. The van der Waals surface area contributed by atoms with Crippen LogP contribution in [0, 0.1) is 0 Å². The van der Waals surface area contributed by atoms with Gasteiger partial charge >= 0.3 is 0 Å². The second kappa shape index (κ2) is 7.93. The molecule has 0 heterocycles. The van der Waals surface area contributed by atoms with Crippen molar-refractivity contribution < 1.29 is 0 Å². The number of hydrogen-bond acceptors (Lipinski definition) is 1. The molecule has 0 saturated carbocycles. The summed E-state index contributed by atoms with van der Waals surface area (Å²) in [7, 11) is 0. The van der Waals surface area contributed by atoms with E-state index in [0.29, 0.717) is 0 Å². The van der Waals surface area contributed by atoms with E-state index in [1.807, 2.05) is 0 Å². The van der Waals surface area contributed by atoms with Crippen LogP contribution in [0.4, 0.5) is 0 Å². The van der Waals surface area contributed by atoms with E-state index in [1.165, 1.54) is 16.3 Å². The van der Waals surface area contributed by atoms with Crippen molar-refractivity contribution in [3.63, 3.8) is 0 Å². The lowest BCUT2D eigenvalue weighted by Gasteiger charge is -2.20. The van der Waals surface area contributed by atoms with Crippen molar-refractivity contribution in [1.29, 1.82) is 0 Å². The molecule has 0 aliphatic carbocycles. The van der Waals surface area contributed by atoms with E-state index in [-0.39, 0.29) is 17.0 Å². The van der Waals surface area contributed by atoms with Crippen LogP contribution in [0.5, 0.6) is 0 Å². The molecular weight excluding hydrogens is 354 g/mol. The summed E-state index contributed by atoms with van der Waals surface area (Å²) in [5.41, 5.74) is 1.42. The first kappa shape index (κ1) is 15.7. The maximum absolute atomic E-state index is 3.51. The minimum absolute atomic E-state index is 0. The molecule has 18 heavy (non-hydrogen) atoms. The van der Waals surface area contributed by atoms with Gasteiger partial charge in [-0.15, -0.1) is 17.0 Å². The average molecular weight is 373 g/mol. The quantitative estimate of drug-likeness (QED) is 0.691. The molecule has 98 valence electrons. The molecule has 0 radical (unpaired) electrons. The lowest BCUT2D eigenvalue weighted by atomic mass is 10.0. The molecule has 0 aliphatic rings. The van der Waals surface area contributed by atoms with Gasteiger partial charge in [0.05, 0.1) is 0 Å². The Morgan fingerprint density at radius 2 is 1.78 bits per heavy atom. The normalized spacial score (nSPS) is 10.6. The predicted molar refractivity (Wildman–Crippen MR) is 89.0 cm³/mol. The highest BCUT2D eigenvalue weighted by atomic mass is 79.9. The van der Waals surface area contributed by atoms with E-state index < -0.39 is 0 Å². The van der Waals surface area contributed by atoms with Crippen molar-refractivity contribution >= 4 is 43.7 Å². The highest BCUT2D eigenvalue weighted by Crippen LogP contribution is 2.19. The van der Waals surface area contributed by atoms with Crippen LogP contribution in [0.3, 0.4) is 0 Å². The van der Waals surface area contributed by atoms with E-state index >= 15 is 0 Å². The summed E-state index contributed by atoms with van der Waals surface area (Å²) < 4.78 is 0. The molecule has 2 aromatic rings. The van der Waals surface area contributed by atoms with Crippen LogP contribution in [0.15, 0.2) is 42.5 Å². The van der Waals surface area contributed by atoms with Crippen LogP contribution in [-0.2, 0) is 6.54 Å². The maximum atomic E-state index is 3.51. The summed E-state index contributed by atoms with van der Waals surface area (Å²) in [6.45, 7) is 5.44. The van der Waals surface area contributed by atoms with E-state index in [2.05, 4.69) is 70.2 Å². The smallest absolute Gasteiger partial charge is 0.0240 e. The van der Waals surface area contributed by atoms with Gasteiger partial charge in [0.25, 0.3) is 0 Å². The molecule has 0 fully saturated rings. The van der Waals surface area contributed by atoms with E-state index in [4.69, 9.17) is 0 Å². The number of nitrogens with zero attached hydrogens (tertiary/aromatic N) is 1. The fourth-order valence-corrected chi connectivity index (χ4v) is 2.64. The fourth-order valence-electron chi connectivity index (χ4n) is 2.14. The summed E-state index contributed by atoms with van der Waals surface area (Å²) in [5.74, 6) is 0. The number of fused-ring (bicyclic) bond motifs is 1. The minimum atomic E-state index is 0. The predicted octanol–water partition coefficient (Wildman–Crippen LogP) is 4.63. The zero-order valence-corrected chi connectivity index (χ0v) is 13.9. The van der Waals surface area contributed by atoms with Gasteiger partial charge in [-0.25, -0.2) is 0 Å². The zero-order chi connectivity index (χ0) is 12.1. The fraction of sp³-hybridized carbons (Fsp3) is 0.333. The first-order valence-electron chi connectivity index (χ1n) is 6.10. The summed E-state index contributed by atoms with van der Waals surface area (Å²) in [4.78, 5) is 2.45. The van der Waals surface area contributed by atoms with Crippen molar-refractivity contribution in [2.24, 2.45) is 0 Å². The summed E-state index contributed by atoms with van der Waals surface area (Å²) >= 11 is 3.51. The van der Waals surface area contributed by atoms with Gasteiger partial charge in [0, 0.05) is 18.4 Å². The number of alkyl halides is 1. The molecule has 1 nitrogen and oxygen atoms in total. The molecule has 0 saturated heterocycles. The molecule has 0 aromatic heterocycles. The molecule has 0 unspecified atom stereocenters. The topological polar surface area (TPSA) is 3.24 Å². The van der Waals surface area contributed by atoms with Crippen molar-refractivity contribution in [2.45, 2.75) is 13.5 Å². The number of benzene rings is 2. The zero-order valence-electron chi connectivity index (χ0n) is 10.6. The van der Waals surface area contributed by atoms with Crippen LogP contribution in [0.2, 0.25) is 0 Å². The Hall–Kier alpha value is -0.380. The Balaban J connectivity index is 0.00000162. The Kier molecular flexibility index (Phi) is 6.90. The minimum Gasteiger partial charge on any atom is -0.299 e. The monoisotopic (exact) mass is 371 g/mol. The Labute approximate surface area is 128 Å². The average Bonchev–Trinajstić information content (AvgIpc) is 2.38. The summed E-state index contributed by atoms with van der Waals surface area (Å²) in [5, 5.41) is 3.74. The van der Waals surface area contributed by atoms with Gasteiger partial charge in [-0.2, -0.15) is 0 Å². The maximum Gasteiger partial charge on any atom is 0.0240 e. The lowest BCUT2D eigenvalue weighted by molar-refractivity contribution is 0.300. The molecule has 0 spiro atoms. The number of rotatable bonds is 5. The van der Waals surface area contributed by atoms with Gasteiger partial charge in [0.2, 0.25) is 0 Å². The molecule has 0 aliphatic heterocycles. The van der Waals surface area contributed by atoms with Crippen LogP contribution in [0.1, 0.15) is 12.5 Å². The number of halogens is 2. The van der Waals surface area contributed by atoms with Gasteiger partial charge in [-0.05, 0) is 22.9 Å². The van der Waals surface area contributed by atoms with Crippen molar-refractivity contribution in [1.82, 2.24) is 4.90 Å². The third kappa shape index (κ3) is 3.81. The Bertz CT molecular complexity index is 479. The second-order valence-electron chi connectivity index (χ2n) is 4.20. The highest BCUT2D eigenvalue weighted by Gasteiger charge is 2.05. The van der Waals surface area contributed by atoms with E-state index in [9.17, 15) is 0 Å². The van der Waals surface area contributed by atoms with E-state index in [0.717, 1.165) is 25.0 Å². The van der Waals surface area contributed by atoms with Gasteiger partial charge < -0.3 is 0 Å². The lowest BCUT2D eigenvalue weighted by Crippen LogP contribution is -2.24. The van der Waals surface area contributed by atoms with Gasteiger partial charge in [-0.3, -0.25) is 4.90 Å². The number of hydrogen-bond donors (Lipinski definition) is 0. The van der Waals surface area contributed by atoms with Crippen LogP contribution in [-0.4, -0.2) is 23.3 Å². The third-order valence-electron chi connectivity index (χ3n) is 3.12. The first-order valence-corrected chi connectivity index (χ1v) is 7.22. The molecule has 2 rings (SSSR count). The van der Waals surface area contributed by atoms with Gasteiger partial charge in [0.1, 0.15) is 0 Å². The van der Waals surface area contributed by atoms with Crippen molar-refractivity contribution in [3.05, 3.63) is 48.0 Å².